The fourth-order valence-electron chi connectivity index (χ4n) is 4.90. The Labute approximate surface area is 205 Å². The van der Waals surface area contributed by atoms with E-state index in [9.17, 15) is 14.7 Å². The molecule has 3 aromatic rings. The van der Waals surface area contributed by atoms with Crippen molar-refractivity contribution >= 4 is 28.5 Å². The van der Waals surface area contributed by atoms with Crippen molar-refractivity contribution in [3.63, 3.8) is 0 Å². The number of hydrogen-bond donors (Lipinski definition) is 2. The zero-order valence-corrected chi connectivity index (χ0v) is 20.9. The number of nitrogens with one attached hydrogen (secondary N) is 1. The van der Waals surface area contributed by atoms with Crippen molar-refractivity contribution in [2.45, 2.75) is 65.3 Å². The molecule has 7 heteroatoms. The Morgan fingerprint density at radius 2 is 1.91 bits per heavy atom. The van der Waals surface area contributed by atoms with E-state index in [0.717, 1.165) is 55.6 Å². The van der Waals surface area contributed by atoms with E-state index in [1.54, 1.807) is 12.1 Å². The minimum atomic E-state index is -1.06. The summed E-state index contributed by atoms with van der Waals surface area (Å²) >= 11 is 0. The van der Waals surface area contributed by atoms with Crippen LogP contribution in [0.2, 0.25) is 0 Å². The summed E-state index contributed by atoms with van der Waals surface area (Å²) in [7, 11) is 0. The third-order valence-corrected chi connectivity index (χ3v) is 7.37. The van der Waals surface area contributed by atoms with Gasteiger partial charge in [-0.15, -0.1) is 0 Å². The highest BCUT2D eigenvalue weighted by Gasteiger charge is 2.29. The summed E-state index contributed by atoms with van der Waals surface area (Å²) in [6.45, 7) is 10.1. The maximum absolute atomic E-state index is 13.1. The number of carbonyl (C=O) groups is 1. The number of piperidine rings is 1. The molecule has 35 heavy (non-hydrogen) atoms. The van der Waals surface area contributed by atoms with E-state index >= 15 is 0 Å². The van der Waals surface area contributed by atoms with Crippen LogP contribution in [0.25, 0.3) is 11.0 Å². The molecule has 2 aliphatic rings. The first-order valence-electron chi connectivity index (χ1n) is 12.5. The molecule has 0 bridgehead atoms. The lowest BCUT2D eigenvalue weighted by Gasteiger charge is -2.37. The lowest BCUT2D eigenvalue weighted by molar-refractivity contribution is 0.0691. The van der Waals surface area contributed by atoms with Crippen LogP contribution in [0, 0.1) is 12.3 Å². The summed E-state index contributed by atoms with van der Waals surface area (Å²) in [6.07, 6.45) is 4.19. The highest BCUT2D eigenvalue weighted by Crippen LogP contribution is 2.40. The van der Waals surface area contributed by atoms with Crippen LogP contribution in [0.5, 0.6) is 0 Å². The molecular formula is C28H33N3O4. The van der Waals surface area contributed by atoms with Gasteiger partial charge in [-0.2, -0.15) is 0 Å². The number of aryl methyl sites for hydroxylation is 1. The third kappa shape index (κ3) is 4.77. The van der Waals surface area contributed by atoms with Crippen LogP contribution in [-0.2, 0) is 0 Å². The van der Waals surface area contributed by atoms with E-state index in [1.165, 1.54) is 0 Å². The van der Waals surface area contributed by atoms with Gasteiger partial charge in [0.1, 0.15) is 5.58 Å². The number of fused-ring (bicyclic) bond motifs is 1. The Balaban J connectivity index is 1.51. The Bertz CT molecular complexity index is 1350. The highest BCUT2D eigenvalue weighted by molar-refractivity contribution is 5.92. The van der Waals surface area contributed by atoms with Crippen molar-refractivity contribution in [1.82, 2.24) is 4.98 Å². The van der Waals surface area contributed by atoms with E-state index in [4.69, 9.17) is 4.42 Å². The predicted molar refractivity (Wildman–Crippen MR) is 138 cm³/mol. The van der Waals surface area contributed by atoms with Gasteiger partial charge in [-0.25, -0.2) is 9.78 Å². The van der Waals surface area contributed by atoms with Crippen LogP contribution in [0.1, 0.15) is 85.7 Å². The van der Waals surface area contributed by atoms with Gasteiger partial charge in [-0.1, -0.05) is 19.9 Å². The number of hydrogen-bond acceptors (Lipinski definition) is 6. The first kappa shape index (κ1) is 23.4. The molecule has 3 heterocycles. The number of carboxylic acid groups (broad SMARTS) is 1. The van der Waals surface area contributed by atoms with Crippen molar-refractivity contribution in [2.24, 2.45) is 5.41 Å². The normalized spacial score (nSPS) is 18.5. The second-order valence-electron chi connectivity index (χ2n) is 10.9. The number of benzene rings is 1. The molecule has 7 nitrogen and oxygen atoms in total. The molecule has 1 saturated heterocycles. The van der Waals surface area contributed by atoms with E-state index in [-0.39, 0.29) is 17.2 Å². The fraction of sp³-hybridized carbons (Fsp3) is 0.464. The summed E-state index contributed by atoms with van der Waals surface area (Å²) in [4.78, 5) is 31.6. The highest BCUT2D eigenvalue weighted by atomic mass is 16.4. The van der Waals surface area contributed by atoms with Gasteiger partial charge >= 0.3 is 5.97 Å². The topological polar surface area (TPSA) is 95.7 Å². The molecule has 2 N–H and O–H groups in total. The average molecular weight is 476 g/mol. The molecular weight excluding hydrogens is 442 g/mol. The van der Waals surface area contributed by atoms with Gasteiger partial charge in [-0.05, 0) is 68.7 Å². The standard InChI is InChI=1S/C28H33N3O4/c1-16-13-19(17(2)29-22-8-7-21(18-5-6-18)30-25(22)27(33)34)26-20(14-16)23(32)15-24(35-26)31-11-9-28(3,4)10-12-31/h7-8,13-15,17-18,29H,5-6,9-12H2,1-4H3,(H,33,34). The van der Waals surface area contributed by atoms with Gasteiger partial charge in [0, 0.05) is 36.3 Å². The average Bonchev–Trinajstić information content (AvgIpc) is 3.64. The van der Waals surface area contributed by atoms with Crippen LogP contribution in [0.3, 0.4) is 0 Å². The molecule has 0 spiro atoms. The molecule has 0 radical (unpaired) electrons. The predicted octanol–water partition coefficient (Wildman–Crippen LogP) is 5.87. The van der Waals surface area contributed by atoms with Gasteiger partial charge in [0.25, 0.3) is 0 Å². The first-order valence-corrected chi connectivity index (χ1v) is 12.5. The lowest BCUT2D eigenvalue weighted by Crippen LogP contribution is -2.37. The Morgan fingerprint density at radius 1 is 1.20 bits per heavy atom. The van der Waals surface area contributed by atoms with Crippen LogP contribution in [0.15, 0.2) is 39.5 Å². The summed E-state index contributed by atoms with van der Waals surface area (Å²) in [5, 5.41) is 13.6. The molecule has 184 valence electrons. The molecule has 2 fully saturated rings. The van der Waals surface area contributed by atoms with Crippen LogP contribution >= 0.6 is 0 Å². The molecule has 2 aromatic heterocycles. The minimum absolute atomic E-state index is 0.0243. The molecule has 1 atom stereocenters. The van der Waals surface area contributed by atoms with Crippen LogP contribution in [-0.4, -0.2) is 29.1 Å². The van der Waals surface area contributed by atoms with Gasteiger partial charge < -0.3 is 19.7 Å². The van der Waals surface area contributed by atoms with E-state index < -0.39 is 5.97 Å². The number of anilines is 2. The van der Waals surface area contributed by atoms with Gasteiger partial charge in [0.05, 0.1) is 17.1 Å². The summed E-state index contributed by atoms with van der Waals surface area (Å²) in [5.74, 6) is -0.0940. The molecule has 1 aromatic carbocycles. The maximum atomic E-state index is 13.1. The van der Waals surface area contributed by atoms with Gasteiger partial charge in [-0.3, -0.25) is 4.79 Å². The van der Waals surface area contributed by atoms with Gasteiger partial charge in [0.2, 0.25) is 0 Å². The Morgan fingerprint density at radius 3 is 2.57 bits per heavy atom. The van der Waals surface area contributed by atoms with Crippen molar-refractivity contribution < 1.29 is 14.3 Å². The lowest BCUT2D eigenvalue weighted by atomic mass is 9.83. The largest absolute Gasteiger partial charge is 0.476 e. The first-order chi connectivity index (χ1) is 16.6. The Kier molecular flexibility index (Phi) is 5.82. The minimum Gasteiger partial charge on any atom is -0.476 e. The monoisotopic (exact) mass is 475 g/mol. The van der Waals surface area contributed by atoms with Crippen molar-refractivity contribution in [2.75, 3.05) is 23.3 Å². The quantitative estimate of drug-likeness (QED) is 0.460. The van der Waals surface area contributed by atoms with Crippen molar-refractivity contribution in [3.05, 3.63) is 63.1 Å². The van der Waals surface area contributed by atoms with Crippen molar-refractivity contribution in [3.8, 4) is 0 Å². The second kappa shape index (κ2) is 8.70. The van der Waals surface area contributed by atoms with Crippen LogP contribution < -0.4 is 15.6 Å². The molecule has 0 amide bonds. The van der Waals surface area contributed by atoms with E-state index in [1.807, 2.05) is 32.0 Å². The zero-order valence-electron chi connectivity index (χ0n) is 20.9. The number of rotatable bonds is 6. The number of aromatic nitrogens is 1. The number of pyridine rings is 1. The molecule has 1 unspecified atom stereocenters. The molecule has 1 saturated carbocycles. The summed E-state index contributed by atoms with van der Waals surface area (Å²) in [5.41, 5.74) is 3.85. The van der Waals surface area contributed by atoms with Crippen molar-refractivity contribution in [1.29, 1.82) is 0 Å². The summed E-state index contributed by atoms with van der Waals surface area (Å²) in [6, 6.07) is 8.86. The third-order valence-electron chi connectivity index (χ3n) is 7.37. The van der Waals surface area contributed by atoms with E-state index in [2.05, 4.69) is 29.0 Å². The number of nitrogens with zero attached hydrogens (tertiary/aromatic N) is 2. The Hall–Kier alpha value is -3.35. The SMILES string of the molecule is Cc1cc(C(C)Nc2ccc(C3CC3)nc2C(=O)O)c2oc(N3CCC(C)(C)CC3)cc(=O)c2c1. The van der Waals surface area contributed by atoms with Crippen LogP contribution in [0.4, 0.5) is 11.6 Å². The molecule has 1 aliphatic carbocycles. The fourth-order valence-corrected chi connectivity index (χ4v) is 4.90. The molecule has 5 rings (SSSR count). The molecule has 1 aliphatic heterocycles. The maximum Gasteiger partial charge on any atom is 0.356 e. The number of aromatic carboxylic acids is 1. The zero-order chi connectivity index (χ0) is 24.9. The van der Waals surface area contributed by atoms with Gasteiger partial charge in [0.15, 0.2) is 17.0 Å². The number of carboxylic acids is 1. The summed E-state index contributed by atoms with van der Waals surface area (Å²) < 4.78 is 6.39. The second-order valence-corrected chi connectivity index (χ2v) is 10.9. The van der Waals surface area contributed by atoms with E-state index in [0.29, 0.717) is 33.9 Å². The smallest absolute Gasteiger partial charge is 0.356 e.